The molecular weight excluding hydrogens is 308 g/mol. The molecule has 1 aromatic carbocycles. The number of Topliss-reactive ketones (excluding diaryl/α,β-unsaturated/α-hetero) is 1. The number of esters is 1. The van der Waals surface area contributed by atoms with Crippen molar-refractivity contribution >= 4 is 17.8 Å². The summed E-state index contributed by atoms with van der Waals surface area (Å²) >= 11 is 0. The number of amides is 2. The zero-order valence-corrected chi connectivity index (χ0v) is 13.9. The van der Waals surface area contributed by atoms with E-state index < -0.39 is 0 Å². The molecule has 0 bridgehead atoms. The quantitative estimate of drug-likeness (QED) is 0.413. The van der Waals surface area contributed by atoms with Gasteiger partial charge in [-0.1, -0.05) is 43.2 Å². The Morgan fingerprint density at radius 3 is 2.50 bits per heavy atom. The molecular formula is C18H24N2O4. The Morgan fingerprint density at radius 2 is 1.83 bits per heavy atom. The Hall–Kier alpha value is -2.37. The molecule has 1 saturated heterocycles. The summed E-state index contributed by atoms with van der Waals surface area (Å²) in [5, 5.41) is 5.68. The topological polar surface area (TPSA) is 84.5 Å². The molecule has 2 rings (SSSR count). The first-order valence-corrected chi connectivity index (χ1v) is 8.37. The van der Waals surface area contributed by atoms with Crippen LogP contribution >= 0.6 is 0 Å². The molecule has 0 spiro atoms. The van der Waals surface area contributed by atoms with Crippen molar-refractivity contribution in [2.75, 3.05) is 6.61 Å². The van der Waals surface area contributed by atoms with Gasteiger partial charge in [-0.15, -0.1) is 0 Å². The third kappa shape index (κ3) is 5.68. The van der Waals surface area contributed by atoms with Gasteiger partial charge >= 0.3 is 12.0 Å². The Morgan fingerprint density at radius 1 is 1.08 bits per heavy atom. The van der Waals surface area contributed by atoms with Gasteiger partial charge in [0.15, 0.2) is 12.4 Å². The standard InChI is InChI=1S/C18H24N2O4/c1-13-15(20-18(23)19-13)10-6-3-7-11-17(22)24-12-16(21)14-8-4-2-5-9-14/h2,4-5,8-9,13,15H,3,6-7,10-12H2,1H3,(H2,19,20,23)/t13-,15-/m1/s1. The van der Waals surface area contributed by atoms with Gasteiger partial charge in [0, 0.05) is 18.0 Å². The summed E-state index contributed by atoms with van der Waals surface area (Å²) in [6.45, 7) is 1.77. The van der Waals surface area contributed by atoms with E-state index in [9.17, 15) is 14.4 Å². The van der Waals surface area contributed by atoms with Crippen molar-refractivity contribution in [2.24, 2.45) is 0 Å². The van der Waals surface area contributed by atoms with Crippen LogP contribution in [0.3, 0.4) is 0 Å². The van der Waals surface area contributed by atoms with Crippen molar-refractivity contribution in [2.45, 2.75) is 51.1 Å². The van der Waals surface area contributed by atoms with E-state index in [-0.39, 0.29) is 36.5 Å². The molecule has 1 heterocycles. The zero-order chi connectivity index (χ0) is 17.4. The lowest BCUT2D eigenvalue weighted by molar-refractivity contribution is -0.142. The van der Waals surface area contributed by atoms with E-state index in [4.69, 9.17) is 4.74 Å². The van der Waals surface area contributed by atoms with E-state index in [0.717, 1.165) is 25.7 Å². The fraction of sp³-hybridized carbons (Fsp3) is 0.500. The van der Waals surface area contributed by atoms with Gasteiger partial charge in [0.2, 0.25) is 0 Å². The molecule has 0 saturated carbocycles. The summed E-state index contributed by atoms with van der Waals surface area (Å²) in [5.41, 5.74) is 0.548. The van der Waals surface area contributed by atoms with Gasteiger partial charge < -0.3 is 15.4 Å². The predicted molar refractivity (Wildman–Crippen MR) is 89.7 cm³/mol. The number of nitrogens with one attached hydrogen (secondary N) is 2. The van der Waals surface area contributed by atoms with E-state index in [2.05, 4.69) is 10.6 Å². The van der Waals surface area contributed by atoms with Crippen LogP contribution in [0.15, 0.2) is 30.3 Å². The minimum Gasteiger partial charge on any atom is -0.457 e. The second kappa shape index (κ2) is 9.05. The van der Waals surface area contributed by atoms with Crippen LogP contribution in [-0.4, -0.2) is 36.5 Å². The number of carbonyl (C=O) groups excluding carboxylic acids is 3. The van der Waals surface area contributed by atoms with Crippen molar-refractivity contribution in [3.63, 3.8) is 0 Å². The number of urea groups is 1. The Balaban J connectivity index is 1.54. The summed E-state index contributed by atoms with van der Waals surface area (Å²) in [5.74, 6) is -0.536. The van der Waals surface area contributed by atoms with Gasteiger partial charge in [-0.2, -0.15) is 0 Å². The van der Waals surface area contributed by atoms with Gasteiger partial charge in [0.25, 0.3) is 0 Å². The number of ether oxygens (including phenoxy) is 1. The highest BCUT2D eigenvalue weighted by Crippen LogP contribution is 2.12. The molecule has 0 radical (unpaired) electrons. The lowest BCUT2D eigenvalue weighted by Crippen LogP contribution is -2.30. The van der Waals surface area contributed by atoms with E-state index >= 15 is 0 Å². The molecule has 1 aliphatic rings. The largest absolute Gasteiger partial charge is 0.457 e. The Kier molecular flexibility index (Phi) is 6.78. The van der Waals surface area contributed by atoms with Crippen molar-refractivity contribution in [3.8, 4) is 0 Å². The van der Waals surface area contributed by atoms with Gasteiger partial charge in [-0.25, -0.2) is 4.79 Å². The maximum Gasteiger partial charge on any atom is 0.315 e. The van der Waals surface area contributed by atoms with Gasteiger partial charge in [0.05, 0.1) is 6.04 Å². The summed E-state index contributed by atoms with van der Waals surface area (Å²) in [7, 11) is 0. The van der Waals surface area contributed by atoms with Crippen molar-refractivity contribution in [1.29, 1.82) is 0 Å². The van der Waals surface area contributed by atoms with Crippen LogP contribution in [0.1, 0.15) is 49.4 Å². The Bertz CT molecular complexity index is 574. The summed E-state index contributed by atoms with van der Waals surface area (Å²) in [6.07, 6.45) is 3.75. The number of rotatable bonds is 9. The lowest BCUT2D eigenvalue weighted by Gasteiger charge is -2.13. The molecule has 130 valence electrons. The van der Waals surface area contributed by atoms with Crippen LogP contribution in [0.4, 0.5) is 4.79 Å². The molecule has 0 aliphatic carbocycles. The average molecular weight is 332 g/mol. The molecule has 6 nitrogen and oxygen atoms in total. The van der Waals surface area contributed by atoms with Crippen LogP contribution in [0.5, 0.6) is 0 Å². The monoisotopic (exact) mass is 332 g/mol. The van der Waals surface area contributed by atoms with Crippen LogP contribution in [0, 0.1) is 0 Å². The van der Waals surface area contributed by atoms with Crippen molar-refractivity contribution < 1.29 is 19.1 Å². The second-order valence-corrected chi connectivity index (χ2v) is 6.06. The molecule has 0 aromatic heterocycles. The summed E-state index contributed by atoms with van der Waals surface area (Å²) in [4.78, 5) is 34.6. The van der Waals surface area contributed by atoms with Gasteiger partial charge in [0.1, 0.15) is 0 Å². The predicted octanol–water partition coefficient (Wildman–Crippen LogP) is 2.43. The second-order valence-electron chi connectivity index (χ2n) is 6.06. The number of carbonyl (C=O) groups is 3. The van der Waals surface area contributed by atoms with Crippen molar-refractivity contribution in [3.05, 3.63) is 35.9 Å². The molecule has 0 unspecified atom stereocenters. The molecule has 2 atom stereocenters. The highest BCUT2D eigenvalue weighted by molar-refractivity contribution is 5.97. The number of hydrogen-bond acceptors (Lipinski definition) is 4. The highest BCUT2D eigenvalue weighted by atomic mass is 16.5. The molecule has 1 aromatic rings. The fourth-order valence-corrected chi connectivity index (χ4v) is 2.70. The third-order valence-corrected chi connectivity index (χ3v) is 4.13. The lowest BCUT2D eigenvalue weighted by atomic mass is 10.0. The Labute approximate surface area is 142 Å². The number of hydrogen-bond donors (Lipinski definition) is 2. The summed E-state index contributed by atoms with van der Waals surface area (Å²) in [6, 6.07) is 8.98. The molecule has 1 fully saturated rings. The maximum absolute atomic E-state index is 11.8. The van der Waals surface area contributed by atoms with Crippen LogP contribution < -0.4 is 10.6 Å². The molecule has 1 aliphatic heterocycles. The van der Waals surface area contributed by atoms with E-state index in [0.29, 0.717) is 12.0 Å². The molecule has 6 heteroatoms. The maximum atomic E-state index is 11.8. The molecule has 24 heavy (non-hydrogen) atoms. The third-order valence-electron chi connectivity index (χ3n) is 4.13. The van der Waals surface area contributed by atoms with Crippen LogP contribution in [0.2, 0.25) is 0 Å². The smallest absolute Gasteiger partial charge is 0.315 e. The SMILES string of the molecule is C[C@H]1NC(=O)N[C@@H]1CCCCCC(=O)OCC(=O)c1ccccc1. The minimum absolute atomic E-state index is 0.112. The van der Waals surface area contributed by atoms with Gasteiger partial charge in [-0.3, -0.25) is 9.59 Å². The van der Waals surface area contributed by atoms with Gasteiger partial charge in [-0.05, 0) is 19.8 Å². The van der Waals surface area contributed by atoms with Crippen LogP contribution in [0.25, 0.3) is 0 Å². The van der Waals surface area contributed by atoms with E-state index in [1.54, 1.807) is 24.3 Å². The number of unbranched alkanes of at least 4 members (excludes halogenated alkanes) is 2. The van der Waals surface area contributed by atoms with Crippen LogP contribution in [-0.2, 0) is 9.53 Å². The van der Waals surface area contributed by atoms with E-state index in [1.807, 2.05) is 13.0 Å². The average Bonchev–Trinajstić information content (AvgIpc) is 2.90. The zero-order valence-electron chi connectivity index (χ0n) is 13.9. The van der Waals surface area contributed by atoms with Crippen molar-refractivity contribution in [1.82, 2.24) is 10.6 Å². The number of ketones is 1. The van der Waals surface area contributed by atoms with E-state index in [1.165, 1.54) is 0 Å². The fourth-order valence-electron chi connectivity index (χ4n) is 2.70. The first-order chi connectivity index (χ1) is 11.6. The number of benzene rings is 1. The molecule has 2 amide bonds. The minimum atomic E-state index is -0.344. The normalized spacial score (nSPS) is 19.5. The molecule has 2 N–H and O–H groups in total. The summed E-state index contributed by atoms with van der Waals surface area (Å²) < 4.78 is 5.01. The highest BCUT2D eigenvalue weighted by Gasteiger charge is 2.26. The first-order valence-electron chi connectivity index (χ1n) is 8.37. The first kappa shape index (κ1) is 18.0.